The molecule has 1 aromatic heterocycles. The molecule has 1 unspecified atom stereocenters. The van der Waals surface area contributed by atoms with Crippen LogP contribution in [-0.2, 0) is 11.2 Å². The van der Waals surface area contributed by atoms with E-state index in [2.05, 4.69) is 45.7 Å². The molecule has 7 nitrogen and oxygen atoms in total. The number of nitrogens with zero attached hydrogens (tertiary/aromatic N) is 4. The number of anilines is 1. The van der Waals surface area contributed by atoms with Crippen LogP contribution in [0.15, 0.2) is 30.6 Å². The van der Waals surface area contributed by atoms with E-state index in [4.69, 9.17) is 0 Å². The summed E-state index contributed by atoms with van der Waals surface area (Å²) in [5, 5.41) is 3.58. The summed E-state index contributed by atoms with van der Waals surface area (Å²) in [4.78, 5) is 27.1. The number of fused-ring (bicyclic) bond motifs is 1. The molecule has 3 heterocycles. The minimum Gasteiger partial charge on any atom is -0.406 e. The Morgan fingerprint density at radius 3 is 2.43 bits per heavy atom. The molecular formula is C27H34F3N5O2. The third-order valence-corrected chi connectivity index (χ3v) is 7.94. The number of benzene rings is 1. The van der Waals surface area contributed by atoms with Crippen LogP contribution in [0.25, 0.3) is 0 Å². The van der Waals surface area contributed by atoms with Crippen LogP contribution in [0.3, 0.4) is 0 Å². The summed E-state index contributed by atoms with van der Waals surface area (Å²) >= 11 is 0. The molecule has 0 bridgehead atoms. The minimum absolute atomic E-state index is 0.000578. The molecule has 1 aliphatic carbocycles. The predicted octanol–water partition coefficient (Wildman–Crippen LogP) is 4.39. The van der Waals surface area contributed by atoms with Crippen molar-refractivity contribution >= 4 is 11.7 Å². The van der Waals surface area contributed by atoms with Gasteiger partial charge in [-0.1, -0.05) is 19.1 Å². The van der Waals surface area contributed by atoms with Crippen molar-refractivity contribution < 1.29 is 22.7 Å². The van der Waals surface area contributed by atoms with E-state index in [-0.39, 0.29) is 23.2 Å². The molecule has 200 valence electrons. The van der Waals surface area contributed by atoms with E-state index in [9.17, 15) is 18.0 Å². The molecule has 2 aromatic rings. The molecule has 3 aliphatic rings. The van der Waals surface area contributed by atoms with Gasteiger partial charge in [-0.25, -0.2) is 9.97 Å². The summed E-state index contributed by atoms with van der Waals surface area (Å²) in [6.45, 7) is 8.91. The number of carbonyl (C=O) groups is 1. The molecule has 0 spiro atoms. The lowest BCUT2D eigenvalue weighted by Crippen LogP contribution is -2.53. The number of piperazine rings is 1. The van der Waals surface area contributed by atoms with Crippen LogP contribution in [0, 0.1) is 0 Å². The van der Waals surface area contributed by atoms with Gasteiger partial charge in [0.25, 0.3) is 0 Å². The summed E-state index contributed by atoms with van der Waals surface area (Å²) in [6.07, 6.45) is 0.674. The summed E-state index contributed by atoms with van der Waals surface area (Å²) in [6, 6.07) is 5.65. The SMILES string of the molecule is C[C@@H]1CCc2ncnc(N3CCN(C(=O)C(c4ccc(OC(F)(F)F)cc4)[C@@H]4CCC(C)(C)N4)CC3)c21. The highest BCUT2D eigenvalue weighted by atomic mass is 19.4. The number of nitrogens with one attached hydrogen (secondary N) is 1. The number of hydrogen-bond donors (Lipinski definition) is 1. The van der Waals surface area contributed by atoms with Crippen LogP contribution in [0.5, 0.6) is 5.75 Å². The number of hydrogen-bond acceptors (Lipinski definition) is 6. The number of carbonyl (C=O) groups excluding carboxylic acids is 1. The number of amides is 1. The molecule has 1 aromatic carbocycles. The topological polar surface area (TPSA) is 70.6 Å². The van der Waals surface area contributed by atoms with Gasteiger partial charge in [0.2, 0.25) is 5.91 Å². The molecule has 1 N–H and O–H groups in total. The van der Waals surface area contributed by atoms with Crippen molar-refractivity contribution in [3.05, 3.63) is 47.4 Å². The summed E-state index contributed by atoms with van der Waals surface area (Å²) in [5.74, 6) is 0.633. The van der Waals surface area contributed by atoms with Gasteiger partial charge >= 0.3 is 6.36 Å². The number of ether oxygens (including phenoxy) is 1. The monoisotopic (exact) mass is 517 g/mol. The zero-order chi connectivity index (χ0) is 26.4. The van der Waals surface area contributed by atoms with E-state index in [1.807, 2.05) is 4.90 Å². The first-order valence-corrected chi connectivity index (χ1v) is 13.0. The van der Waals surface area contributed by atoms with E-state index in [0.717, 1.165) is 37.2 Å². The molecule has 0 saturated carbocycles. The first-order valence-electron chi connectivity index (χ1n) is 13.0. The van der Waals surface area contributed by atoms with Crippen LogP contribution in [0.1, 0.15) is 68.7 Å². The number of alkyl halides is 3. The highest BCUT2D eigenvalue weighted by Crippen LogP contribution is 2.38. The summed E-state index contributed by atoms with van der Waals surface area (Å²) in [7, 11) is 0. The highest BCUT2D eigenvalue weighted by Gasteiger charge is 2.41. The van der Waals surface area contributed by atoms with Crippen LogP contribution < -0.4 is 15.0 Å². The average molecular weight is 518 g/mol. The van der Waals surface area contributed by atoms with Crippen LogP contribution in [-0.4, -0.2) is 64.9 Å². The van der Waals surface area contributed by atoms with Gasteiger partial charge in [-0.05, 0) is 63.1 Å². The molecule has 10 heteroatoms. The van der Waals surface area contributed by atoms with Crippen molar-refractivity contribution in [3.8, 4) is 5.75 Å². The molecular weight excluding hydrogens is 483 g/mol. The number of rotatable bonds is 5. The molecule has 0 radical (unpaired) electrons. The summed E-state index contributed by atoms with van der Waals surface area (Å²) < 4.78 is 42.0. The lowest BCUT2D eigenvalue weighted by Gasteiger charge is -2.39. The first-order chi connectivity index (χ1) is 17.5. The third-order valence-electron chi connectivity index (χ3n) is 7.94. The average Bonchev–Trinajstić information content (AvgIpc) is 3.41. The van der Waals surface area contributed by atoms with Gasteiger partial charge in [0, 0.05) is 49.0 Å². The lowest BCUT2D eigenvalue weighted by molar-refractivity contribution is -0.274. The zero-order valence-corrected chi connectivity index (χ0v) is 21.5. The standard InChI is InChI=1S/C27H34F3N5O2/c1-17-4-9-20-22(17)24(32-16-31-20)34-12-14-35(15-13-34)25(36)23(21-10-11-26(2,3)33-21)18-5-7-19(8-6-18)37-27(28,29)30/h5-8,16-17,21,23,33H,4,9-15H2,1-3H3/t17-,21+,23?/m1/s1. The van der Waals surface area contributed by atoms with Gasteiger partial charge in [0.1, 0.15) is 17.9 Å². The van der Waals surface area contributed by atoms with Gasteiger partial charge in [-0.2, -0.15) is 0 Å². The molecule has 2 saturated heterocycles. The number of aryl methyl sites for hydroxylation is 1. The zero-order valence-electron chi connectivity index (χ0n) is 21.5. The smallest absolute Gasteiger partial charge is 0.406 e. The predicted molar refractivity (Wildman–Crippen MR) is 134 cm³/mol. The maximum Gasteiger partial charge on any atom is 0.573 e. The second-order valence-electron chi connectivity index (χ2n) is 11.1. The van der Waals surface area contributed by atoms with Gasteiger partial charge in [0.05, 0.1) is 5.92 Å². The molecule has 1 amide bonds. The minimum atomic E-state index is -4.75. The van der Waals surface area contributed by atoms with Crippen LogP contribution in [0.2, 0.25) is 0 Å². The Bertz CT molecular complexity index is 1130. The largest absolute Gasteiger partial charge is 0.573 e. The van der Waals surface area contributed by atoms with E-state index in [0.29, 0.717) is 37.7 Å². The fourth-order valence-electron chi connectivity index (χ4n) is 6.05. The Balaban J connectivity index is 1.33. The Kier molecular flexibility index (Phi) is 6.81. The molecule has 5 rings (SSSR count). The fourth-order valence-corrected chi connectivity index (χ4v) is 6.05. The quantitative estimate of drug-likeness (QED) is 0.635. The van der Waals surface area contributed by atoms with Crippen molar-refractivity contribution in [3.63, 3.8) is 0 Å². The second kappa shape index (κ2) is 9.78. The Morgan fingerprint density at radius 2 is 1.81 bits per heavy atom. The van der Waals surface area contributed by atoms with E-state index < -0.39 is 12.3 Å². The van der Waals surface area contributed by atoms with E-state index >= 15 is 0 Å². The van der Waals surface area contributed by atoms with Crippen molar-refractivity contribution in [1.82, 2.24) is 20.2 Å². The van der Waals surface area contributed by atoms with Crippen molar-refractivity contribution in [1.29, 1.82) is 0 Å². The maximum atomic E-state index is 13.9. The van der Waals surface area contributed by atoms with Gasteiger partial charge in [-0.3, -0.25) is 4.79 Å². The van der Waals surface area contributed by atoms with Gasteiger partial charge in [-0.15, -0.1) is 13.2 Å². The van der Waals surface area contributed by atoms with Crippen molar-refractivity contribution in [2.24, 2.45) is 0 Å². The molecule has 3 atom stereocenters. The Labute approximate surface area is 215 Å². The van der Waals surface area contributed by atoms with Crippen molar-refractivity contribution in [2.45, 2.75) is 76.2 Å². The molecule has 37 heavy (non-hydrogen) atoms. The number of halogens is 3. The Hall–Kier alpha value is -2.88. The summed E-state index contributed by atoms with van der Waals surface area (Å²) in [5.41, 5.74) is 2.95. The normalized spacial score (nSPS) is 24.2. The van der Waals surface area contributed by atoms with Gasteiger partial charge < -0.3 is 19.9 Å². The lowest BCUT2D eigenvalue weighted by atomic mass is 9.88. The van der Waals surface area contributed by atoms with E-state index in [1.165, 1.54) is 17.7 Å². The van der Waals surface area contributed by atoms with Crippen molar-refractivity contribution in [2.75, 3.05) is 31.1 Å². The molecule has 2 fully saturated rings. The fraction of sp³-hybridized carbons (Fsp3) is 0.593. The highest BCUT2D eigenvalue weighted by molar-refractivity contribution is 5.85. The van der Waals surface area contributed by atoms with Gasteiger partial charge in [0.15, 0.2) is 0 Å². The first kappa shape index (κ1) is 25.8. The number of aromatic nitrogens is 2. The second-order valence-corrected chi connectivity index (χ2v) is 11.1. The van der Waals surface area contributed by atoms with Crippen LogP contribution >= 0.6 is 0 Å². The van der Waals surface area contributed by atoms with Crippen LogP contribution in [0.4, 0.5) is 19.0 Å². The third kappa shape index (κ3) is 5.54. The molecule has 2 aliphatic heterocycles. The maximum absolute atomic E-state index is 13.9. The van der Waals surface area contributed by atoms with E-state index in [1.54, 1.807) is 18.5 Å². The Morgan fingerprint density at radius 1 is 1.11 bits per heavy atom.